The SMILES string of the molecule is Cc1ccc(C#Cc2c(C#Cc3ccc(F)cc3)n(C)c(=O)n(C)c2=O)cc1. The highest BCUT2D eigenvalue weighted by Crippen LogP contribution is 2.04. The standard InChI is InChI=1S/C23H17FN2O2/c1-16-4-6-17(7-5-16)10-14-20-21(25(2)23(28)26(3)22(20)27)15-11-18-8-12-19(24)13-9-18/h4-9,12-13H,1-3H3. The molecule has 138 valence electrons. The van der Waals surface area contributed by atoms with E-state index < -0.39 is 11.2 Å². The van der Waals surface area contributed by atoms with Crippen molar-refractivity contribution in [2.75, 3.05) is 0 Å². The molecule has 2 aromatic carbocycles. The zero-order valence-corrected chi connectivity index (χ0v) is 15.7. The second-order valence-corrected chi connectivity index (χ2v) is 6.30. The first-order valence-corrected chi connectivity index (χ1v) is 8.53. The number of aromatic nitrogens is 2. The third kappa shape index (κ3) is 3.95. The van der Waals surface area contributed by atoms with Crippen molar-refractivity contribution in [2.24, 2.45) is 14.1 Å². The average molecular weight is 372 g/mol. The van der Waals surface area contributed by atoms with Gasteiger partial charge in [0, 0.05) is 25.2 Å². The van der Waals surface area contributed by atoms with Gasteiger partial charge in [0.1, 0.15) is 17.1 Å². The first-order chi connectivity index (χ1) is 13.4. The summed E-state index contributed by atoms with van der Waals surface area (Å²) in [5, 5.41) is 0. The topological polar surface area (TPSA) is 44.0 Å². The maximum Gasteiger partial charge on any atom is 0.331 e. The maximum atomic E-state index is 13.1. The summed E-state index contributed by atoms with van der Waals surface area (Å²) in [5.41, 5.74) is 1.78. The van der Waals surface area contributed by atoms with E-state index in [0.29, 0.717) is 5.56 Å². The molecule has 0 aliphatic rings. The fourth-order valence-electron chi connectivity index (χ4n) is 2.54. The van der Waals surface area contributed by atoms with Gasteiger partial charge in [-0.25, -0.2) is 9.18 Å². The molecule has 1 heterocycles. The van der Waals surface area contributed by atoms with Crippen molar-refractivity contribution in [2.45, 2.75) is 6.92 Å². The molecule has 0 bridgehead atoms. The second-order valence-electron chi connectivity index (χ2n) is 6.30. The molecule has 0 spiro atoms. The zero-order chi connectivity index (χ0) is 20.3. The normalized spacial score (nSPS) is 9.86. The average Bonchev–Trinajstić information content (AvgIpc) is 2.70. The summed E-state index contributed by atoms with van der Waals surface area (Å²) in [6.45, 7) is 1.98. The predicted molar refractivity (Wildman–Crippen MR) is 106 cm³/mol. The molecule has 28 heavy (non-hydrogen) atoms. The van der Waals surface area contributed by atoms with Crippen molar-refractivity contribution < 1.29 is 4.39 Å². The number of aryl methyl sites for hydroxylation is 1. The molecular weight excluding hydrogens is 355 g/mol. The molecule has 0 saturated carbocycles. The van der Waals surface area contributed by atoms with Gasteiger partial charge in [-0.15, -0.1) is 0 Å². The molecule has 3 rings (SSSR count). The van der Waals surface area contributed by atoms with Crippen LogP contribution in [0.5, 0.6) is 0 Å². The smallest absolute Gasteiger partial charge is 0.288 e. The molecule has 4 nitrogen and oxygen atoms in total. The van der Waals surface area contributed by atoms with Crippen LogP contribution in [0.15, 0.2) is 58.1 Å². The summed E-state index contributed by atoms with van der Waals surface area (Å²) in [6, 6.07) is 13.2. The predicted octanol–water partition coefficient (Wildman–Crippen LogP) is 2.33. The molecule has 0 fully saturated rings. The minimum Gasteiger partial charge on any atom is -0.288 e. The minimum absolute atomic E-state index is 0.139. The van der Waals surface area contributed by atoms with Crippen molar-refractivity contribution >= 4 is 0 Å². The van der Waals surface area contributed by atoms with E-state index in [2.05, 4.69) is 23.7 Å². The highest BCUT2D eigenvalue weighted by Gasteiger charge is 2.12. The van der Waals surface area contributed by atoms with E-state index in [1.54, 1.807) is 0 Å². The van der Waals surface area contributed by atoms with E-state index in [1.165, 1.54) is 42.9 Å². The number of nitrogens with zero attached hydrogens (tertiary/aromatic N) is 2. The van der Waals surface area contributed by atoms with Crippen LogP contribution in [0.3, 0.4) is 0 Å². The monoisotopic (exact) mass is 372 g/mol. The summed E-state index contributed by atoms with van der Waals surface area (Å²) in [6.07, 6.45) is 0. The number of hydrogen-bond acceptors (Lipinski definition) is 2. The summed E-state index contributed by atoms with van der Waals surface area (Å²) < 4.78 is 15.3. The van der Waals surface area contributed by atoms with Gasteiger partial charge in [-0.2, -0.15) is 0 Å². The Bertz CT molecular complexity index is 1270. The third-order valence-electron chi connectivity index (χ3n) is 4.22. The third-order valence-corrected chi connectivity index (χ3v) is 4.22. The lowest BCUT2D eigenvalue weighted by Gasteiger charge is -2.07. The maximum absolute atomic E-state index is 13.1. The first kappa shape index (κ1) is 18.9. The molecule has 0 saturated heterocycles. The van der Waals surface area contributed by atoms with Crippen LogP contribution in [0, 0.1) is 36.4 Å². The van der Waals surface area contributed by atoms with Gasteiger partial charge in [0.05, 0.1) is 0 Å². The van der Waals surface area contributed by atoms with Crippen LogP contribution in [-0.2, 0) is 14.1 Å². The van der Waals surface area contributed by atoms with Crippen molar-refractivity contribution in [3.8, 4) is 23.7 Å². The Labute approximate surface area is 161 Å². The molecule has 1 aromatic heterocycles. The molecule has 5 heteroatoms. The number of hydrogen-bond donors (Lipinski definition) is 0. The minimum atomic E-state index is -0.508. The fourth-order valence-corrected chi connectivity index (χ4v) is 2.54. The molecule has 0 aliphatic carbocycles. The van der Waals surface area contributed by atoms with Crippen LogP contribution >= 0.6 is 0 Å². The van der Waals surface area contributed by atoms with Gasteiger partial charge in [0.25, 0.3) is 5.56 Å². The molecule has 0 atom stereocenters. The van der Waals surface area contributed by atoms with Gasteiger partial charge in [0.15, 0.2) is 0 Å². The fraction of sp³-hybridized carbons (Fsp3) is 0.130. The van der Waals surface area contributed by atoms with Crippen LogP contribution < -0.4 is 11.2 Å². The summed E-state index contributed by atoms with van der Waals surface area (Å²) in [5.74, 6) is 11.2. The molecule has 0 N–H and O–H groups in total. The largest absolute Gasteiger partial charge is 0.331 e. The summed E-state index contributed by atoms with van der Waals surface area (Å²) in [7, 11) is 2.94. The first-order valence-electron chi connectivity index (χ1n) is 8.53. The van der Waals surface area contributed by atoms with E-state index >= 15 is 0 Å². The molecule has 0 radical (unpaired) electrons. The van der Waals surface area contributed by atoms with Crippen molar-refractivity contribution in [1.29, 1.82) is 0 Å². The number of benzene rings is 2. The summed E-state index contributed by atoms with van der Waals surface area (Å²) in [4.78, 5) is 24.9. The van der Waals surface area contributed by atoms with E-state index in [0.717, 1.165) is 15.7 Å². The van der Waals surface area contributed by atoms with Gasteiger partial charge >= 0.3 is 5.69 Å². The Hall–Kier alpha value is -3.83. The molecule has 0 unspecified atom stereocenters. The van der Waals surface area contributed by atoms with E-state index in [-0.39, 0.29) is 17.1 Å². The highest BCUT2D eigenvalue weighted by molar-refractivity contribution is 5.51. The zero-order valence-electron chi connectivity index (χ0n) is 15.7. The van der Waals surface area contributed by atoms with Crippen molar-refractivity contribution in [3.05, 3.63) is 103 Å². The lowest BCUT2D eigenvalue weighted by atomic mass is 10.1. The number of halogens is 1. The highest BCUT2D eigenvalue weighted by atomic mass is 19.1. The van der Waals surface area contributed by atoms with Gasteiger partial charge in [0.2, 0.25) is 0 Å². The summed E-state index contributed by atoms with van der Waals surface area (Å²) >= 11 is 0. The Morgan fingerprint density at radius 3 is 1.89 bits per heavy atom. The van der Waals surface area contributed by atoms with Crippen LogP contribution in [0.4, 0.5) is 4.39 Å². The second kappa shape index (κ2) is 7.82. The van der Waals surface area contributed by atoms with Gasteiger partial charge < -0.3 is 0 Å². The molecular formula is C23H17FN2O2. The number of rotatable bonds is 0. The molecule has 0 amide bonds. The van der Waals surface area contributed by atoms with Crippen molar-refractivity contribution in [3.63, 3.8) is 0 Å². The van der Waals surface area contributed by atoms with Crippen LogP contribution in [0.1, 0.15) is 27.9 Å². The Balaban J connectivity index is 2.17. The van der Waals surface area contributed by atoms with Gasteiger partial charge in [-0.3, -0.25) is 13.9 Å². The van der Waals surface area contributed by atoms with Crippen LogP contribution in [-0.4, -0.2) is 9.13 Å². The van der Waals surface area contributed by atoms with E-state index in [4.69, 9.17) is 0 Å². The Morgan fingerprint density at radius 1 is 0.750 bits per heavy atom. The molecule has 3 aromatic rings. The Kier molecular flexibility index (Phi) is 5.29. The van der Waals surface area contributed by atoms with E-state index in [9.17, 15) is 14.0 Å². The van der Waals surface area contributed by atoms with Gasteiger partial charge in [-0.1, -0.05) is 35.5 Å². The Morgan fingerprint density at radius 2 is 1.29 bits per heavy atom. The van der Waals surface area contributed by atoms with Crippen LogP contribution in [0.25, 0.3) is 0 Å². The lowest BCUT2D eigenvalue weighted by molar-refractivity contribution is 0.627. The van der Waals surface area contributed by atoms with Crippen LogP contribution in [0.2, 0.25) is 0 Å². The van der Waals surface area contributed by atoms with Gasteiger partial charge in [-0.05, 0) is 49.2 Å². The van der Waals surface area contributed by atoms with E-state index in [1.807, 2.05) is 31.2 Å². The van der Waals surface area contributed by atoms with Crippen molar-refractivity contribution in [1.82, 2.24) is 9.13 Å². The lowest BCUT2D eigenvalue weighted by Crippen LogP contribution is -2.40. The quantitative estimate of drug-likeness (QED) is 0.569. The molecule has 0 aliphatic heterocycles.